The van der Waals surface area contributed by atoms with Crippen LogP contribution in [-0.2, 0) is 16.1 Å². The maximum atomic E-state index is 12.6. The van der Waals surface area contributed by atoms with E-state index in [0.717, 1.165) is 41.4 Å². The Morgan fingerprint density at radius 2 is 2.09 bits per heavy atom. The normalized spacial score (nSPS) is 12.1. The van der Waals surface area contributed by atoms with Gasteiger partial charge in [-0.1, -0.05) is 24.1 Å². The second-order valence-electron chi connectivity index (χ2n) is 7.64. The number of imidazole rings is 1. The molecule has 0 radical (unpaired) electrons. The van der Waals surface area contributed by atoms with Crippen LogP contribution in [0.2, 0.25) is 0 Å². The van der Waals surface area contributed by atoms with Gasteiger partial charge in [-0.05, 0) is 25.0 Å². The quantitative estimate of drug-likeness (QED) is 0.263. The summed E-state index contributed by atoms with van der Waals surface area (Å²) in [7, 11) is 0. The zero-order chi connectivity index (χ0) is 22.3. The number of hydrogen-bond acceptors (Lipinski definition) is 6. The lowest BCUT2D eigenvalue weighted by Crippen LogP contribution is -2.32. The molecule has 32 heavy (non-hydrogen) atoms. The van der Waals surface area contributed by atoms with E-state index in [2.05, 4.69) is 35.8 Å². The average molecular weight is 435 g/mol. The van der Waals surface area contributed by atoms with Gasteiger partial charge in [0.1, 0.15) is 12.4 Å². The molecule has 4 rings (SSSR count). The minimum atomic E-state index is -0.300. The summed E-state index contributed by atoms with van der Waals surface area (Å²) in [4.78, 5) is 31.4. The van der Waals surface area contributed by atoms with E-state index in [-0.39, 0.29) is 24.4 Å². The number of aromatic amines is 2. The Kier molecular flexibility index (Phi) is 6.54. The standard InChI is InChI=1S/C21H25N9O2/c22-19(31)5-3-1-2-4-17(26-20(32)13-30-9-8-24-29-30)21-23-12-18(27-21)14-6-7-16-15(10-14)11-25-28-16/h6-12,17H,1-5,13H2,(H2,22,31)(H,23,27)(H,25,28)(H,26,32)/t17-/m0/s1. The summed E-state index contributed by atoms with van der Waals surface area (Å²) < 4.78 is 1.47. The van der Waals surface area contributed by atoms with E-state index in [9.17, 15) is 9.59 Å². The molecule has 0 aliphatic carbocycles. The number of nitrogens with two attached hydrogens (primary N) is 1. The Labute approximate surface area is 183 Å². The van der Waals surface area contributed by atoms with Crippen molar-refractivity contribution in [3.05, 3.63) is 48.8 Å². The van der Waals surface area contributed by atoms with Crippen LogP contribution in [0.3, 0.4) is 0 Å². The van der Waals surface area contributed by atoms with Crippen LogP contribution in [0, 0.1) is 0 Å². The van der Waals surface area contributed by atoms with Crippen LogP contribution in [0.1, 0.15) is 44.0 Å². The van der Waals surface area contributed by atoms with Gasteiger partial charge in [0, 0.05) is 23.6 Å². The fraction of sp³-hybridized carbons (Fsp3) is 0.333. The first kappa shape index (κ1) is 21.2. The number of aromatic nitrogens is 7. The number of primary amides is 1. The van der Waals surface area contributed by atoms with Crippen molar-refractivity contribution in [2.24, 2.45) is 5.73 Å². The van der Waals surface area contributed by atoms with E-state index in [1.54, 1.807) is 18.6 Å². The number of amides is 2. The largest absolute Gasteiger partial charge is 0.370 e. The molecule has 5 N–H and O–H groups in total. The lowest BCUT2D eigenvalue weighted by atomic mass is 10.1. The highest BCUT2D eigenvalue weighted by molar-refractivity contribution is 5.83. The molecule has 0 saturated carbocycles. The number of rotatable bonds is 11. The van der Waals surface area contributed by atoms with Crippen molar-refractivity contribution in [2.45, 2.75) is 44.7 Å². The fourth-order valence-corrected chi connectivity index (χ4v) is 3.58. The topological polar surface area (TPSA) is 160 Å². The molecule has 2 amide bonds. The van der Waals surface area contributed by atoms with Crippen molar-refractivity contribution < 1.29 is 9.59 Å². The number of fused-ring (bicyclic) bond motifs is 1. The Bertz CT molecular complexity index is 1180. The number of nitrogens with one attached hydrogen (secondary N) is 3. The first-order chi connectivity index (χ1) is 15.6. The first-order valence-electron chi connectivity index (χ1n) is 10.5. The number of nitrogens with zero attached hydrogens (tertiary/aromatic N) is 5. The molecule has 0 unspecified atom stereocenters. The lowest BCUT2D eigenvalue weighted by Gasteiger charge is -2.17. The van der Waals surface area contributed by atoms with Crippen LogP contribution in [-0.4, -0.2) is 47.0 Å². The van der Waals surface area contributed by atoms with E-state index < -0.39 is 0 Å². The third-order valence-corrected chi connectivity index (χ3v) is 5.21. The van der Waals surface area contributed by atoms with Crippen molar-refractivity contribution >= 4 is 22.7 Å². The zero-order valence-electron chi connectivity index (χ0n) is 17.5. The number of benzene rings is 1. The van der Waals surface area contributed by atoms with Gasteiger partial charge in [-0.2, -0.15) is 5.10 Å². The molecule has 0 spiro atoms. The van der Waals surface area contributed by atoms with Crippen LogP contribution in [0.4, 0.5) is 0 Å². The predicted molar refractivity (Wildman–Crippen MR) is 117 cm³/mol. The predicted octanol–water partition coefficient (Wildman–Crippen LogP) is 1.84. The van der Waals surface area contributed by atoms with E-state index in [1.807, 2.05) is 18.2 Å². The van der Waals surface area contributed by atoms with Crippen LogP contribution in [0.25, 0.3) is 22.2 Å². The molecule has 0 aliphatic rings. The molecule has 4 aromatic rings. The average Bonchev–Trinajstić information content (AvgIpc) is 3.53. The Balaban J connectivity index is 1.46. The molecule has 0 saturated heterocycles. The van der Waals surface area contributed by atoms with Gasteiger partial charge in [-0.25, -0.2) is 9.67 Å². The minimum absolute atomic E-state index is 0.0723. The molecule has 0 bridgehead atoms. The summed E-state index contributed by atoms with van der Waals surface area (Å²) in [6, 6.07) is 5.68. The second kappa shape index (κ2) is 9.86. The number of unbranched alkanes of at least 4 members (excludes halogenated alkanes) is 2. The van der Waals surface area contributed by atoms with Gasteiger partial charge in [0.2, 0.25) is 11.8 Å². The van der Waals surface area contributed by atoms with Crippen molar-refractivity contribution in [3.8, 4) is 11.3 Å². The minimum Gasteiger partial charge on any atom is -0.370 e. The molecule has 3 heterocycles. The number of hydrogen-bond donors (Lipinski definition) is 4. The van der Waals surface area contributed by atoms with Crippen molar-refractivity contribution in [1.82, 2.24) is 40.5 Å². The number of H-pyrrole nitrogens is 2. The summed E-state index contributed by atoms with van der Waals surface area (Å²) in [5, 5.41) is 18.6. The molecule has 1 aromatic carbocycles. The fourth-order valence-electron chi connectivity index (χ4n) is 3.58. The van der Waals surface area contributed by atoms with Crippen LogP contribution in [0.5, 0.6) is 0 Å². The maximum absolute atomic E-state index is 12.6. The second-order valence-corrected chi connectivity index (χ2v) is 7.64. The Morgan fingerprint density at radius 1 is 1.19 bits per heavy atom. The summed E-state index contributed by atoms with van der Waals surface area (Å²) in [6.45, 7) is 0.0723. The third-order valence-electron chi connectivity index (χ3n) is 5.21. The highest BCUT2D eigenvalue weighted by atomic mass is 16.2. The van der Waals surface area contributed by atoms with Gasteiger partial charge >= 0.3 is 0 Å². The molecule has 11 heteroatoms. The smallest absolute Gasteiger partial charge is 0.242 e. The summed E-state index contributed by atoms with van der Waals surface area (Å²) in [5.41, 5.74) is 8.00. The Hall–Kier alpha value is -4.02. The van der Waals surface area contributed by atoms with Crippen LogP contribution in [0.15, 0.2) is 43.0 Å². The molecule has 0 aliphatic heterocycles. The van der Waals surface area contributed by atoms with Gasteiger partial charge in [0.25, 0.3) is 0 Å². The van der Waals surface area contributed by atoms with E-state index in [0.29, 0.717) is 18.7 Å². The monoisotopic (exact) mass is 435 g/mol. The van der Waals surface area contributed by atoms with E-state index in [4.69, 9.17) is 5.73 Å². The van der Waals surface area contributed by atoms with Gasteiger partial charge in [0.05, 0.1) is 35.8 Å². The van der Waals surface area contributed by atoms with Crippen molar-refractivity contribution in [1.29, 1.82) is 0 Å². The van der Waals surface area contributed by atoms with E-state index in [1.165, 1.54) is 10.9 Å². The maximum Gasteiger partial charge on any atom is 0.242 e. The Morgan fingerprint density at radius 3 is 2.91 bits per heavy atom. The molecule has 166 valence electrons. The molecular formula is C21H25N9O2. The molecule has 3 aromatic heterocycles. The van der Waals surface area contributed by atoms with Crippen molar-refractivity contribution in [3.63, 3.8) is 0 Å². The highest BCUT2D eigenvalue weighted by Gasteiger charge is 2.19. The zero-order valence-corrected chi connectivity index (χ0v) is 17.5. The molecule has 11 nitrogen and oxygen atoms in total. The van der Waals surface area contributed by atoms with Crippen LogP contribution < -0.4 is 11.1 Å². The first-order valence-corrected chi connectivity index (χ1v) is 10.5. The van der Waals surface area contributed by atoms with E-state index >= 15 is 0 Å². The SMILES string of the molecule is NC(=O)CCCCC[C@H](NC(=O)Cn1ccnn1)c1ncc(-c2ccc3[nH]ncc3c2)[nH]1. The van der Waals surface area contributed by atoms with Gasteiger partial charge in [-0.15, -0.1) is 5.10 Å². The van der Waals surface area contributed by atoms with Gasteiger partial charge in [-0.3, -0.25) is 14.7 Å². The molecular weight excluding hydrogens is 410 g/mol. The summed E-state index contributed by atoms with van der Waals surface area (Å²) >= 11 is 0. The van der Waals surface area contributed by atoms with Crippen LogP contribution >= 0.6 is 0 Å². The molecule has 1 atom stereocenters. The number of carbonyl (C=O) groups is 2. The number of carbonyl (C=O) groups excluding carboxylic acids is 2. The third kappa shape index (κ3) is 5.36. The van der Waals surface area contributed by atoms with Gasteiger partial charge in [0.15, 0.2) is 0 Å². The highest BCUT2D eigenvalue weighted by Crippen LogP contribution is 2.25. The van der Waals surface area contributed by atoms with Crippen molar-refractivity contribution in [2.75, 3.05) is 0 Å². The summed E-state index contributed by atoms with van der Waals surface area (Å²) in [6.07, 6.45) is 10.1. The van der Waals surface area contributed by atoms with Gasteiger partial charge < -0.3 is 16.0 Å². The molecule has 0 fully saturated rings. The summed E-state index contributed by atoms with van der Waals surface area (Å²) in [5.74, 6) is 0.192. The lowest BCUT2D eigenvalue weighted by molar-refractivity contribution is -0.122.